The van der Waals surface area contributed by atoms with Crippen LogP contribution in [0.4, 0.5) is 5.95 Å². The van der Waals surface area contributed by atoms with Crippen molar-refractivity contribution in [2.75, 3.05) is 18.0 Å². The number of aromatic nitrogens is 5. The molecule has 8 heteroatoms. The third kappa shape index (κ3) is 3.15. The lowest BCUT2D eigenvalue weighted by Gasteiger charge is -2.15. The van der Waals surface area contributed by atoms with E-state index in [1.54, 1.807) is 16.9 Å². The lowest BCUT2D eigenvalue weighted by atomic mass is 10.2. The van der Waals surface area contributed by atoms with Gasteiger partial charge in [0.2, 0.25) is 5.95 Å². The van der Waals surface area contributed by atoms with Gasteiger partial charge in [-0.15, -0.1) is 5.10 Å². The van der Waals surface area contributed by atoms with Crippen LogP contribution in [0.25, 0.3) is 11.0 Å². The van der Waals surface area contributed by atoms with E-state index >= 15 is 0 Å². The molecule has 3 aromatic rings. The van der Waals surface area contributed by atoms with Gasteiger partial charge in [-0.05, 0) is 36.6 Å². The average molecular weight is 338 g/mol. The predicted octanol–water partition coefficient (Wildman–Crippen LogP) is 1.72. The van der Waals surface area contributed by atoms with E-state index in [0.717, 1.165) is 42.5 Å². The molecule has 0 radical (unpaired) electrons. The molecule has 8 nitrogen and oxygen atoms in total. The topological polar surface area (TPSA) is 86.0 Å². The maximum absolute atomic E-state index is 12.3. The van der Waals surface area contributed by atoms with E-state index in [1.807, 2.05) is 25.2 Å². The van der Waals surface area contributed by atoms with Crippen LogP contribution >= 0.6 is 0 Å². The summed E-state index contributed by atoms with van der Waals surface area (Å²) in [6, 6.07) is 7.25. The van der Waals surface area contributed by atoms with Gasteiger partial charge in [-0.25, -0.2) is 19.4 Å². The molecule has 1 fully saturated rings. The molecule has 1 aliphatic rings. The Balaban J connectivity index is 1.45. The van der Waals surface area contributed by atoms with Gasteiger partial charge < -0.3 is 9.64 Å². The Kier molecular flexibility index (Phi) is 4.01. The molecule has 3 heterocycles. The summed E-state index contributed by atoms with van der Waals surface area (Å²) in [7, 11) is 1.84. The van der Waals surface area contributed by atoms with Gasteiger partial charge >= 0.3 is 5.97 Å². The second-order valence-corrected chi connectivity index (χ2v) is 6.05. The number of hydrogen-bond acceptors (Lipinski definition) is 7. The fourth-order valence-electron chi connectivity index (χ4n) is 2.93. The minimum Gasteiger partial charge on any atom is -0.456 e. The van der Waals surface area contributed by atoms with Crippen molar-refractivity contribution in [3.63, 3.8) is 0 Å². The summed E-state index contributed by atoms with van der Waals surface area (Å²) < 4.78 is 7.09. The van der Waals surface area contributed by atoms with E-state index in [4.69, 9.17) is 4.74 Å². The number of esters is 1. The summed E-state index contributed by atoms with van der Waals surface area (Å²) in [5.74, 6) is 0.134. The smallest absolute Gasteiger partial charge is 0.357 e. The van der Waals surface area contributed by atoms with Crippen LogP contribution in [0, 0.1) is 0 Å². The second-order valence-electron chi connectivity index (χ2n) is 6.05. The molecule has 4 rings (SSSR count). The highest BCUT2D eigenvalue weighted by molar-refractivity contribution is 5.87. The van der Waals surface area contributed by atoms with Gasteiger partial charge in [-0.3, -0.25) is 0 Å². The van der Waals surface area contributed by atoms with Crippen molar-refractivity contribution >= 4 is 23.0 Å². The van der Waals surface area contributed by atoms with Crippen molar-refractivity contribution < 1.29 is 9.53 Å². The van der Waals surface area contributed by atoms with Crippen molar-refractivity contribution in [3.05, 3.63) is 41.7 Å². The van der Waals surface area contributed by atoms with Gasteiger partial charge in [0, 0.05) is 26.3 Å². The van der Waals surface area contributed by atoms with Crippen LogP contribution in [-0.4, -0.2) is 44.0 Å². The molecule has 1 saturated heterocycles. The Labute approximate surface area is 144 Å². The standard InChI is InChI=1S/C17H18N6O2/c1-22-15-5-4-12(10-14(15)20-21-22)11-25-16(24)13-6-7-18-17(19-13)23-8-2-3-9-23/h4-7,10H,2-3,8-9,11H2,1H3. The van der Waals surface area contributed by atoms with Gasteiger partial charge in [0.1, 0.15) is 12.1 Å². The predicted molar refractivity (Wildman–Crippen MR) is 91.1 cm³/mol. The molecule has 0 saturated carbocycles. The highest BCUT2D eigenvalue weighted by Crippen LogP contribution is 2.16. The summed E-state index contributed by atoms with van der Waals surface area (Å²) in [5.41, 5.74) is 2.84. The first-order valence-electron chi connectivity index (χ1n) is 8.24. The Bertz CT molecular complexity index is 916. The fourth-order valence-corrected chi connectivity index (χ4v) is 2.93. The lowest BCUT2D eigenvalue weighted by molar-refractivity contribution is 0.0465. The van der Waals surface area contributed by atoms with Crippen LogP contribution in [0.5, 0.6) is 0 Å². The Morgan fingerprint density at radius 2 is 2.08 bits per heavy atom. The summed E-state index contributed by atoms with van der Waals surface area (Å²) in [6.45, 7) is 2.02. The third-order valence-corrected chi connectivity index (χ3v) is 4.29. The maximum Gasteiger partial charge on any atom is 0.357 e. The van der Waals surface area contributed by atoms with Crippen LogP contribution in [0.2, 0.25) is 0 Å². The van der Waals surface area contributed by atoms with Crippen LogP contribution in [0.1, 0.15) is 28.9 Å². The Morgan fingerprint density at radius 1 is 1.24 bits per heavy atom. The lowest BCUT2D eigenvalue weighted by Crippen LogP contribution is -2.21. The molecule has 2 aromatic heterocycles. The largest absolute Gasteiger partial charge is 0.456 e. The molecule has 1 aliphatic heterocycles. The molecule has 25 heavy (non-hydrogen) atoms. The average Bonchev–Trinajstić information content (AvgIpc) is 3.30. The minimum absolute atomic E-state index is 0.161. The molecule has 128 valence electrons. The van der Waals surface area contributed by atoms with Gasteiger partial charge in [-0.1, -0.05) is 11.3 Å². The van der Waals surface area contributed by atoms with E-state index in [1.165, 1.54) is 0 Å². The van der Waals surface area contributed by atoms with Crippen molar-refractivity contribution in [2.24, 2.45) is 7.05 Å². The minimum atomic E-state index is -0.456. The Hall–Kier alpha value is -3.03. The number of hydrogen-bond donors (Lipinski definition) is 0. The number of rotatable bonds is 4. The highest BCUT2D eigenvalue weighted by Gasteiger charge is 2.17. The van der Waals surface area contributed by atoms with Gasteiger partial charge in [0.25, 0.3) is 0 Å². The number of anilines is 1. The van der Waals surface area contributed by atoms with Crippen molar-refractivity contribution in [1.29, 1.82) is 0 Å². The van der Waals surface area contributed by atoms with E-state index in [2.05, 4.69) is 25.2 Å². The first-order valence-corrected chi connectivity index (χ1v) is 8.24. The SMILES string of the molecule is Cn1nnc2cc(COC(=O)c3ccnc(N4CCCC4)n3)ccc21. The molecule has 0 N–H and O–H groups in total. The van der Waals surface area contributed by atoms with Crippen molar-refractivity contribution in [1.82, 2.24) is 25.0 Å². The fraction of sp³-hybridized carbons (Fsp3) is 0.353. The number of fused-ring (bicyclic) bond motifs is 1. The van der Waals surface area contributed by atoms with E-state index in [-0.39, 0.29) is 12.3 Å². The molecule has 0 aliphatic carbocycles. The van der Waals surface area contributed by atoms with Crippen LogP contribution in [0.3, 0.4) is 0 Å². The number of carbonyl (C=O) groups is 1. The monoisotopic (exact) mass is 338 g/mol. The normalized spacial score (nSPS) is 14.2. The second kappa shape index (κ2) is 6.46. The molecule has 0 unspecified atom stereocenters. The number of aryl methyl sites for hydroxylation is 1. The zero-order valence-corrected chi connectivity index (χ0v) is 13.9. The van der Waals surface area contributed by atoms with Gasteiger partial charge in [0.15, 0.2) is 5.69 Å². The van der Waals surface area contributed by atoms with E-state index in [0.29, 0.717) is 5.95 Å². The number of nitrogens with zero attached hydrogens (tertiary/aromatic N) is 6. The molecule has 0 amide bonds. The number of carbonyl (C=O) groups excluding carboxylic acids is 1. The molecule has 0 bridgehead atoms. The molecular formula is C17H18N6O2. The summed E-state index contributed by atoms with van der Waals surface area (Å²) in [4.78, 5) is 23.0. The van der Waals surface area contributed by atoms with Crippen LogP contribution < -0.4 is 4.90 Å². The number of ether oxygens (including phenoxy) is 1. The van der Waals surface area contributed by atoms with Crippen molar-refractivity contribution in [3.8, 4) is 0 Å². The summed E-state index contributed by atoms with van der Waals surface area (Å²) >= 11 is 0. The molecular weight excluding hydrogens is 320 g/mol. The van der Waals surface area contributed by atoms with E-state index in [9.17, 15) is 4.79 Å². The Morgan fingerprint density at radius 3 is 2.92 bits per heavy atom. The zero-order chi connectivity index (χ0) is 17.2. The first kappa shape index (κ1) is 15.5. The van der Waals surface area contributed by atoms with Crippen LogP contribution in [0.15, 0.2) is 30.5 Å². The van der Waals surface area contributed by atoms with Crippen LogP contribution in [-0.2, 0) is 18.4 Å². The van der Waals surface area contributed by atoms with E-state index < -0.39 is 5.97 Å². The van der Waals surface area contributed by atoms with Crippen molar-refractivity contribution in [2.45, 2.75) is 19.4 Å². The zero-order valence-electron chi connectivity index (χ0n) is 13.9. The van der Waals surface area contributed by atoms with Gasteiger partial charge in [-0.2, -0.15) is 0 Å². The summed E-state index contributed by atoms with van der Waals surface area (Å²) in [5, 5.41) is 8.03. The highest BCUT2D eigenvalue weighted by atomic mass is 16.5. The molecule has 1 aromatic carbocycles. The third-order valence-electron chi connectivity index (χ3n) is 4.29. The quantitative estimate of drug-likeness (QED) is 0.669. The maximum atomic E-state index is 12.3. The molecule has 0 atom stereocenters. The number of benzene rings is 1. The summed E-state index contributed by atoms with van der Waals surface area (Å²) in [6.07, 6.45) is 3.86. The van der Waals surface area contributed by atoms with Gasteiger partial charge in [0.05, 0.1) is 5.52 Å². The first-order chi connectivity index (χ1) is 12.2. The molecule has 0 spiro atoms.